The van der Waals surface area contributed by atoms with Crippen LogP contribution in [0.2, 0.25) is 10.0 Å². The van der Waals surface area contributed by atoms with E-state index in [0.717, 1.165) is 12.8 Å². The first kappa shape index (κ1) is 31.3. The predicted octanol–water partition coefficient (Wildman–Crippen LogP) is 4.17. The van der Waals surface area contributed by atoms with E-state index in [9.17, 15) is 24.5 Å². The van der Waals surface area contributed by atoms with Gasteiger partial charge in [-0.15, -0.1) is 5.10 Å². The van der Waals surface area contributed by atoms with Crippen molar-refractivity contribution in [2.24, 2.45) is 0 Å². The van der Waals surface area contributed by atoms with Crippen molar-refractivity contribution >= 4 is 50.7 Å². The number of carbonyl (C=O) groups is 1. The van der Waals surface area contributed by atoms with Gasteiger partial charge in [-0.2, -0.15) is 0 Å². The largest absolute Gasteiger partial charge is 0.394 e. The van der Waals surface area contributed by atoms with E-state index < -0.39 is 60.9 Å². The molecule has 2 aliphatic rings. The Labute approximate surface area is 260 Å². The number of aromatic nitrogens is 3. The van der Waals surface area contributed by atoms with E-state index in [4.69, 9.17) is 32.7 Å². The Morgan fingerprint density at radius 3 is 2.52 bits per heavy atom. The maximum absolute atomic E-state index is 14.5. The summed E-state index contributed by atoms with van der Waals surface area (Å²) in [5, 5.41) is 41.3. The standard InChI is InChI=1S/C28H30BrCl2FN4O6/c1-41-26-24(35-12-20(33-34-35)14-6-15(29)8-18(32)7-14)25(39)23(13-37)42-27(26)28(40)36(21-4-2-3-5-22(21)38)19-10-16(30)9-17(31)11-19/h6-12,21-27,37-39H,2-5,13H2,1H3/t21-,22-,23+,24-,25-,26+,27+/m0/s1. The normalized spacial score (nSPS) is 28.0. The highest BCUT2D eigenvalue weighted by Gasteiger charge is 2.52. The number of anilines is 1. The van der Waals surface area contributed by atoms with Crippen molar-refractivity contribution in [3.05, 3.63) is 62.9 Å². The molecular formula is C28H30BrCl2FN4O6. The molecule has 2 heterocycles. The number of aliphatic hydroxyl groups excluding tert-OH is 3. The van der Waals surface area contributed by atoms with E-state index in [1.807, 2.05) is 0 Å². The first-order valence-corrected chi connectivity index (χ1v) is 15.0. The summed E-state index contributed by atoms with van der Waals surface area (Å²) in [4.78, 5) is 15.9. The van der Waals surface area contributed by atoms with Crippen LogP contribution in [0.15, 0.2) is 47.1 Å². The lowest BCUT2D eigenvalue weighted by molar-refractivity contribution is -0.211. The minimum atomic E-state index is -1.35. The highest BCUT2D eigenvalue weighted by molar-refractivity contribution is 9.10. The Balaban J connectivity index is 1.55. The van der Waals surface area contributed by atoms with Crippen molar-refractivity contribution in [3.8, 4) is 11.3 Å². The van der Waals surface area contributed by atoms with Gasteiger partial charge in [-0.3, -0.25) is 4.79 Å². The predicted molar refractivity (Wildman–Crippen MR) is 157 cm³/mol. The molecule has 5 rings (SSSR count). The fraction of sp³-hybridized carbons (Fsp3) is 0.464. The summed E-state index contributed by atoms with van der Waals surface area (Å²) >= 11 is 15.9. The molecular weight excluding hydrogens is 658 g/mol. The minimum absolute atomic E-state index is 0.300. The second-order valence-corrected chi connectivity index (χ2v) is 12.2. The van der Waals surface area contributed by atoms with Gasteiger partial charge < -0.3 is 29.7 Å². The Bertz CT molecular complexity index is 1390. The highest BCUT2D eigenvalue weighted by Crippen LogP contribution is 2.37. The molecule has 2 fully saturated rings. The summed E-state index contributed by atoms with van der Waals surface area (Å²) in [6.07, 6.45) is -1.69. The lowest BCUT2D eigenvalue weighted by atomic mass is 9.88. The number of hydrogen-bond acceptors (Lipinski definition) is 8. The molecule has 14 heteroatoms. The molecule has 1 aromatic heterocycles. The lowest BCUT2D eigenvalue weighted by Crippen LogP contribution is -2.63. The Hall–Kier alpha value is -2.16. The topological polar surface area (TPSA) is 130 Å². The average Bonchev–Trinajstić information content (AvgIpc) is 3.43. The molecule has 226 valence electrons. The maximum atomic E-state index is 14.5. The van der Waals surface area contributed by atoms with Crippen molar-refractivity contribution < 1.29 is 34.0 Å². The quantitative estimate of drug-likeness (QED) is 0.338. The van der Waals surface area contributed by atoms with Crippen LogP contribution < -0.4 is 4.90 Å². The zero-order chi connectivity index (χ0) is 30.1. The number of carbonyl (C=O) groups excluding carboxylic acids is 1. The molecule has 0 spiro atoms. The molecule has 7 atom stereocenters. The molecule has 1 amide bonds. The molecule has 3 N–H and O–H groups in total. The zero-order valence-electron chi connectivity index (χ0n) is 22.5. The molecule has 1 aliphatic heterocycles. The molecule has 1 saturated carbocycles. The Morgan fingerprint density at radius 1 is 1.17 bits per heavy atom. The van der Waals surface area contributed by atoms with Gasteiger partial charge >= 0.3 is 0 Å². The van der Waals surface area contributed by atoms with Gasteiger partial charge in [0.05, 0.1) is 24.9 Å². The number of nitrogens with zero attached hydrogens (tertiary/aromatic N) is 4. The second kappa shape index (κ2) is 13.2. The summed E-state index contributed by atoms with van der Waals surface area (Å²) in [7, 11) is 1.37. The first-order valence-electron chi connectivity index (χ1n) is 13.4. The third kappa shape index (κ3) is 6.36. The SMILES string of the molecule is CO[C@@H]1[C@@H](n2cc(-c3cc(F)cc(Br)c3)nn2)[C@@H](O)[C@@H](CO)O[C@H]1C(=O)N(c1cc(Cl)cc(Cl)c1)[C@H]1CCCC[C@@H]1O. The number of benzene rings is 2. The summed E-state index contributed by atoms with van der Waals surface area (Å²) in [6, 6.07) is 7.31. The van der Waals surface area contributed by atoms with E-state index in [2.05, 4.69) is 26.2 Å². The molecule has 0 radical (unpaired) electrons. The zero-order valence-corrected chi connectivity index (χ0v) is 25.6. The molecule has 42 heavy (non-hydrogen) atoms. The average molecular weight is 688 g/mol. The van der Waals surface area contributed by atoms with Gasteiger partial charge in [-0.05, 0) is 49.2 Å². The molecule has 1 saturated heterocycles. The molecule has 3 aromatic rings. The van der Waals surface area contributed by atoms with Crippen molar-refractivity contribution in [2.45, 2.75) is 68.3 Å². The van der Waals surface area contributed by atoms with Gasteiger partial charge in [0, 0.05) is 32.9 Å². The van der Waals surface area contributed by atoms with Gasteiger partial charge in [0.25, 0.3) is 5.91 Å². The van der Waals surface area contributed by atoms with Crippen LogP contribution in [0, 0.1) is 5.82 Å². The Kier molecular flexibility index (Phi) is 9.85. The van der Waals surface area contributed by atoms with Gasteiger partial charge in [0.1, 0.15) is 35.9 Å². The summed E-state index contributed by atoms with van der Waals surface area (Å²) in [5.41, 5.74) is 1.11. The van der Waals surface area contributed by atoms with Gasteiger partial charge in [-0.1, -0.05) is 57.2 Å². The second-order valence-electron chi connectivity index (χ2n) is 10.5. The van der Waals surface area contributed by atoms with Crippen LogP contribution in [0.3, 0.4) is 0 Å². The summed E-state index contributed by atoms with van der Waals surface area (Å²) in [6.45, 7) is -0.606. The van der Waals surface area contributed by atoms with Crippen LogP contribution in [0.4, 0.5) is 10.1 Å². The van der Waals surface area contributed by atoms with Crippen LogP contribution >= 0.6 is 39.1 Å². The first-order chi connectivity index (χ1) is 20.1. The number of rotatable bonds is 7. The number of halogens is 4. The molecule has 1 aliphatic carbocycles. The number of aliphatic hydroxyl groups is 3. The minimum Gasteiger partial charge on any atom is -0.394 e. The lowest BCUT2D eigenvalue weighted by Gasteiger charge is -2.46. The smallest absolute Gasteiger partial charge is 0.259 e. The summed E-state index contributed by atoms with van der Waals surface area (Å²) in [5.74, 6) is -1.05. The van der Waals surface area contributed by atoms with Crippen LogP contribution in [-0.2, 0) is 14.3 Å². The van der Waals surface area contributed by atoms with Crippen LogP contribution in [0.5, 0.6) is 0 Å². The molecule has 0 unspecified atom stereocenters. The Morgan fingerprint density at radius 2 is 1.88 bits per heavy atom. The van der Waals surface area contributed by atoms with E-state index in [0.29, 0.717) is 44.3 Å². The fourth-order valence-corrected chi connectivity index (χ4v) is 6.79. The number of ether oxygens (including phenoxy) is 2. The van der Waals surface area contributed by atoms with E-state index in [1.54, 1.807) is 18.2 Å². The summed E-state index contributed by atoms with van der Waals surface area (Å²) < 4.78 is 27.7. The van der Waals surface area contributed by atoms with Gasteiger partial charge in [0.2, 0.25) is 0 Å². The number of amides is 1. The number of methoxy groups -OCH3 is 1. The van der Waals surface area contributed by atoms with Crippen molar-refractivity contribution in [3.63, 3.8) is 0 Å². The van der Waals surface area contributed by atoms with Crippen LogP contribution in [0.1, 0.15) is 31.7 Å². The van der Waals surface area contributed by atoms with Crippen LogP contribution in [0.25, 0.3) is 11.3 Å². The fourth-order valence-electron chi connectivity index (χ4n) is 5.81. The van der Waals surface area contributed by atoms with Crippen LogP contribution in [-0.4, -0.2) is 86.5 Å². The van der Waals surface area contributed by atoms with Crippen molar-refractivity contribution in [1.82, 2.24) is 15.0 Å². The van der Waals surface area contributed by atoms with E-state index >= 15 is 0 Å². The highest BCUT2D eigenvalue weighted by atomic mass is 79.9. The van der Waals surface area contributed by atoms with Gasteiger partial charge in [-0.25, -0.2) is 9.07 Å². The molecule has 2 aromatic carbocycles. The third-order valence-electron chi connectivity index (χ3n) is 7.75. The van der Waals surface area contributed by atoms with Crippen molar-refractivity contribution in [2.75, 3.05) is 18.6 Å². The van der Waals surface area contributed by atoms with Gasteiger partial charge in [0.15, 0.2) is 6.10 Å². The molecule has 10 nitrogen and oxygen atoms in total. The number of hydrogen-bond donors (Lipinski definition) is 3. The van der Waals surface area contributed by atoms with Crippen molar-refractivity contribution in [1.29, 1.82) is 0 Å². The molecule has 0 bridgehead atoms. The monoisotopic (exact) mass is 686 g/mol. The maximum Gasteiger partial charge on any atom is 0.259 e. The third-order valence-corrected chi connectivity index (χ3v) is 8.64. The van der Waals surface area contributed by atoms with E-state index in [-0.39, 0.29) is 0 Å². The van der Waals surface area contributed by atoms with E-state index in [1.165, 1.54) is 41.1 Å².